The van der Waals surface area contributed by atoms with Crippen molar-refractivity contribution in [2.45, 2.75) is 13.3 Å². The van der Waals surface area contributed by atoms with Crippen LogP contribution < -0.4 is 0 Å². The van der Waals surface area contributed by atoms with E-state index >= 15 is 0 Å². The number of hydrogen-bond acceptors (Lipinski definition) is 4. The Morgan fingerprint density at radius 1 is 1.42 bits per heavy atom. The van der Waals surface area contributed by atoms with Crippen LogP contribution in [0.25, 0.3) is 0 Å². The summed E-state index contributed by atoms with van der Waals surface area (Å²) < 4.78 is 0. The first-order valence-electron chi connectivity index (χ1n) is 3.17. The molecule has 6 heteroatoms. The molecule has 0 bridgehead atoms. The minimum absolute atomic E-state index is 0.139. The summed E-state index contributed by atoms with van der Waals surface area (Å²) in [6.07, 6.45) is 1.000. The molecule has 0 unspecified atom stereocenters. The van der Waals surface area contributed by atoms with Gasteiger partial charge in [0.05, 0.1) is 15.9 Å². The molecule has 0 aromatic rings. The van der Waals surface area contributed by atoms with E-state index in [9.17, 15) is 20.2 Å². The van der Waals surface area contributed by atoms with Gasteiger partial charge in [-0.2, -0.15) is 0 Å². The first kappa shape index (κ1) is 10.3. The number of rotatable bonds is 4. The van der Waals surface area contributed by atoms with Gasteiger partial charge in [-0.25, -0.2) is 0 Å². The molecule has 6 nitrogen and oxygen atoms in total. The molecule has 0 aliphatic carbocycles. The maximum absolute atomic E-state index is 10.2. The van der Waals surface area contributed by atoms with Gasteiger partial charge in [0.25, 0.3) is 11.4 Å². The second-order valence-electron chi connectivity index (χ2n) is 1.99. The van der Waals surface area contributed by atoms with Gasteiger partial charge in [-0.15, -0.1) is 0 Å². The van der Waals surface area contributed by atoms with Crippen LogP contribution in [-0.2, 0) is 0 Å². The van der Waals surface area contributed by atoms with Gasteiger partial charge in [-0.3, -0.25) is 20.2 Å². The zero-order chi connectivity index (χ0) is 9.72. The van der Waals surface area contributed by atoms with Crippen LogP contribution in [0.4, 0.5) is 0 Å². The molecule has 0 rings (SSSR count). The van der Waals surface area contributed by atoms with Gasteiger partial charge in [0, 0.05) is 6.42 Å². The average Bonchev–Trinajstić information content (AvgIpc) is 1.98. The van der Waals surface area contributed by atoms with E-state index in [4.69, 9.17) is 0 Å². The van der Waals surface area contributed by atoms with Crippen LogP contribution in [0.2, 0.25) is 0 Å². The molecule has 0 aromatic carbocycles. The lowest BCUT2D eigenvalue weighted by molar-refractivity contribution is -0.435. The second kappa shape index (κ2) is 4.22. The standard InChI is InChI=1S/C6H8N2O4/c1-3-6(8(11)12)4-5(2)7(9)10/h4H,2-3H2,1H3/b6-4+. The maximum Gasteiger partial charge on any atom is 0.268 e. The van der Waals surface area contributed by atoms with E-state index in [2.05, 4.69) is 6.58 Å². The van der Waals surface area contributed by atoms with Crippen LogP contribution in [0.5, 0.6) is 0 Å². The highest BCUT2D eigenvalue weighted by Crippen LogP contribution is 2.05. The van der Waals surface area contributed by atoms with E-state index < -0.39 is 15.5 Å². The Morgan fingerprint density at radius 2 is 1.92 bits per heavy atom. The molecule has 0 N–H and O–H groups in total. The maximum atomic E-state index is 10.2. The third-order valence-corrected chi connectivity index (χ3v) is 1.16. The molecular formula is C6H8N2O4. The Bertz CT molecular complexity index is 256. The average molecular weight is 172 g/mol. The van der Waals surface area contributed by atoms with E-state index in [1.165, 1.54) is 0 Å². The molecule has 0 aromatic heterocycles. The summed E-state index contributed by atoms with van der Waals surface area (Å²) in [4.78, 5) is 18.8. The van der Waals surface area contributed by atoms with E-state index in [-0.39, 0.29) is 12.1 Å². The van der Waals surface area contributed by atoms with Crippen molar-refractivity contribution in [2.24, 2.45) is 0 Å². The third kappa shape index (κ3) is 2.91. The van der Waals surface area contributed by atoms with Gasteiger partial charge in [0.2, 0.25) is 0 Å². The van der Waals surface area contributed by atoms with Gasteiger partial charge >= 0.3 is 0 Å². The van der Waals surface area contributed by atoms with Gasteiger partial charge in [0.15, 0.2) is 0 Å². The molecule has 0 aliphatic rings. The van der Waals surface area contributed by atoms with E-state index in [0.29, 0.717) is 0 Å². The summed E-state index contributed by atoms with van der Waals surface area (Å²) in [5.74, 6) is 0. The summed E-state index contributed by atoms with van der Waals surface area (Å²) in [7, 11) is 0. The number of nitrogens with zero attached hydrogens (tertiary/aromatic N) is 2. The highest BCUT2D eigenvalue weighted by molar-refractivity contribution is 5.09. The fourth-order valence-electron chi connectivity index (χ4n) is 0.529. The Morgan fingerprint density at radius 3 is 2.17 bits per heavy atom. The van der Waals surface area contributed by atoms with Crippen LogP contribution in [0.3, 0.4) is 0 Å². The topological polar surface area (TPSA) is 86.3 Å². The molecule has 66 valence electrons. The molecule has 0 radical (unpaired) electrons. The summed E-state index contributed by atoms with van der Waals surface area (Å²) in [6, 6.07) is 0. The van der Waals surface area contributed by atoms with Gasteiger partial charge < -0.3 is 0 Å². The highest BCUT2D eigenvalue weighted by Gasteiger charge is 2.12. The predicted octanol–water partition coefficient (Wildman–Crippen LogP) is 1.35. The molecule has 0 amide bonds. The lowest BCUT2D eigenvalue weighted by Crippen LogP contribution is -2.01. The molecule has 0 saturated carbocycles. The molecule has 0 aliphatic heterocycles. The van der Waals surface area contributed by atoms with Crippen molar-refractivity contribution in [2.75, 3.05) is 0 Å². The van der Waals surface area contributed by atoms with Crippen molar-refractivity contribution in [1.29, 1.82) is 0 Å². The molecule has 0 fully saturated rings. The summed E-state index contributed by atoms with van der Waals surface area (Å²) >= 11 is 0. The minimum atomic E-state index is -0.765. The first-order chi connectivity index (χ1) is 5.49. The van der Waals surface area contributed by atoms with E-state index in [1.54, 1.807) is 6.92 Å². The molecule has 0 heterocycles. The number of nitro groups is 2. The van der Waals surface area contributed by atoms with Crippen LogP contribution in [0, 0.1) is 20.2 Å². The SMILES string of the molecule is C=C(/C=C(\CC)[N+](=O)[O-])[N+](=O)[O-]. The largest absolute Gasteiger partial charge is 0.268 e. The van der Waals surface area contributed by atoms with Crippen molar-refractivity contribution >= 4 is 0 Å². The van der Waals surface area contributed by atoms with Crippen molar-refractivity contribution in [3.63, 3.8) is 0 Å². The fourth-order valence-corrected chi connectivity index (χ4v) is 0.529. The predicted molar refractivity (Wildman–Crippen MR) is 41.5 cm³/mol. The lowest BCUT2D eigenvalue weighted by atomic mass is 10.3. The van der Waals surface area contributed by atoms with Crippen LogP contribution in [-0.4, -0.2) is 9.85 Å². The highest BCUT2D eigenvalue weighted by atomic mass is 16.6. The van der Waals surface area contributed by atoms with Crippen LogP contribution in [0.15, 0.2) is 24.0 Å². The molecule has 0 spiro atoms. The van der Waals surface area contributed by atoms with Gasteiger partial charge in [-0.05, 0) is 6.58 Å². The van der Waals surface area contributed by atoms with Crippen molar-refractivity contribution in [1.82, 2.24) is 0 Å². The summed E-state index contributed by atoms with van der Waals surface area (Å²) in [6.45, 7) is 4.59. The molecule has 0 saturated heterocycles. The quantitative estimate of drug-likeness (QED) is 0.363. The smallest absolute Gasteiger partial charge is 0.259 e. The monoisotopic (exact) mass is 172 g/mol. The van der Waals surface area contributed by atoms with Crippen molar-refractivity contribution < 1.29 is 9.85 Å². The van der Waals surface area contributed by atoms with Crippen LogP contribution >= 0.6 is 0 Å². The summed E-state index contributed by atoms with van der Waals surface area (Å²) in [5.41, 5.74) is -0.680. The molecule has 0 atom stereocenters. The zero-order valence-electron chi connectivity index (χ0n) is 6.52. The lowest BCUT2D eigenvalue weighted by Gasteiger charge is -1.91. The summed E-state index contributed by atoms with van der Waals surface area (Å²) in [5, 5.41) is 20.2. The zero-order valence-corrected chi connectivity index (χ0v) is 6.52. The molecular weight excluding hydrogens is 164 g/mol. The Kier molecular flexibility index (Phi) is 3.61. The second-order valence-corrected chi connectivity index (χ2v) is 1.99. The third-order valence-electron chi connectivity index (χ3n) is 1.16. The fraction of sp³-hybridized carbons (Fsp3) is 0.333. The van der Waals surface area contributed by atoms with E-state index in [1.807, 2.05) is 0 Å². The van der Waals surface area contributed by atoms with Gasteiger partial charge in [0.1, 0.15) is 0 Å². The first-order valence-corrected chi connectivity index (χ1v) is 3.17. The van der Waals surface area contributed by atoms with Crippen LogP contribution in [0.1, 0.15) is 13.3 Å². The van der Waals surface area contributed by atoms with Crippen molar-refractivity contribution in [3.8, 4) is 0 Å². The Balaban J connectivity index is 4.61. The van der Waals surface area contributed by atoms with Crippen molar-refractivity contribution in [3.05, 3.63) is 44.3 Å². The number of allylic oxidation sites excluding steroid dienone is 2. The normalized spacial score (nSPS) is 10.9. The minimum Gasteiger partial charge on any atom is -0.259 e. The van der Waals surface area contributed by atoms with E-state index in [0.717, 1.165) is 6.08 Å². The molecule has 12 heavy (non-hydrogen) atoms. The Hall–Kier alpha value is -1.72. The van der Waals surface area contributed by atoms with Gasteiger partial charge in [-0.1, -0.05) is 6.92 Å². The number of hydrogen-bond donors (Lipinski definition) is 0. The Labute approximate surface area is 68.5 Å².